The second-order valence-electron chi connectivity index (χ2n) is 7.64. The molecule has 5 nitrogen and oxygen atoms in total. The summed E-state index contributed by atoms with van der Waals surface area (Å²) in [5, 5.41) is 6.83. The predicted octanol–water partition coefficient (Wildman–Crippen LogP) is 1.91. The molecule has 0 saturated heterocycles. The monoisotopic (exact) mass is 448 g/mol. The number of rotatable bonds is 11. The van der Waals surface area contributed by atoms with E-state index in [0.29, 0.717) is 25.9 Å². The Morgan fingerprint density at radius 2 is 1.34 bits per heavy atom. The molecule has 0 aliphatic rings. The van der Waals surface area contributed by atoms with Crippen LogP contribution >= 0.6 is 7.26 Å². The molecule has 0 saturated carbocycles. The Morgan fingerprint density at radius 1 is 0.875 bits per heavy atom. The molecule has 32 heavy (non-hydrogen) atoms. The van der Waals surface area contributed by atoms with Crippen molar-refractivity contribution >= 4 is 42.8 Å². The van der Waals surface area contributed by atoms with E-state index >= 15 is 0 Å². The first-order valence-corrected chi connectivity index (χ1v) is 13.1. The molecule has 3 rings (SSSR count). The van der Waals surface area contributed by atoms with Crippen molar-refractivity contribution in [3.63, 3.8) is 0 Å². The van der Waals surface area contributed by atoms with Gasteiger partial charge in [0.15, 0.2) is 0 Å². The minimum atomic E-state index is -2.29. The van der Waals surface area contributed by atoms with E-state index < -0.39 is 7.26 Å². The molecule has 3 aromatic rings. The van der Waals surface area contributed by atoms with E-state index in [4.69, 9.17) is 4.74 Å². The first-order chi connectivity index (χ1) is 15.7. The molecule has 1 N–H and O–H groups in total. The minimum absolute atomic E-state index is 0.0754. The van der Waals surface area contributed by atoms with Gasteiger partial charge in [-0.3, -0.25) is 0 Å². The third-order valence-electron chi connectivity index (χ3n) is 5.64. The van der Waals surface area contributed by atoms with Gasteiger partial charge >= 0.3 is 191 Å². The molecule has 0 fully saturated rings. The summed E-state index contributed by atoms with van der Waals surface area (Å²) in [6, 6.07) is 31.9. The Balaban J connectivity index is 1.76. The second-order valence-corrected chi connectivity index (χ2v) is 11.7. The molecule has 0 atom stereocenters. The van der Waals surface area contributed by atoms with Gasteiger partial charge in [0.1, 0.15) is 0 Å². The first kappa shape index (κ1) is 23.7. The van der Waals surface area contributed by atoms with Crippen LogP contribution in [0.15, 0.2) is 91.0 Å². The molecule has 0 heterocycles. The summed E-state index contributed by atoms with van der Waals surface area (Å²) in [5.41, 5.74) is 0. The number of benzene rings is 3. The fourth-order valence-corrected chi connectivity index (χ4v) is 8.59. The van der Waals surface area contributed by atoms with E-state index in [2.05, 4.69) is 96.3 Å². The van der Waals surface area contributed by atoms with Crippen LogP contribution in [-0.2, 0) is 9.53 Å². The van der Waals surface area contributed by atoms with E-state index in [0.717, 1.165) is 6.16 Å². The number of hydrogen-bond acceptors (Lipinski definition) is 3. The van der Waals surface area contributed by atoms with Crippen molar-refractivity contribution in [2.45, 2.75) is 0 Å². The molecule has 2 amide bonds. The number of carbonyl (C=O) groups excluding carboxylic acids is 2. The van der Waals surface area contributed by atoms with Crippen LogP contribution in [0.4, 0.5) is 4.79 Å². The van der Waals surface area contributed by atoms with E-state index in [1.54, 1.807) is 7.05 Å². The van der Waals surface area contributed by atoms with Crippen LogP contribution in [0.2, 0.25) is 0 Å². The summed E-state index contributed by atoms with van der Waals surface area (Å²) in [6.45, 7) is 1.41. The van der Waals surface area contributed by atoms with Crippen LogP contribution in [0.1, 0.15) is 0 Å². The number of amides is 2. The number of nitrogens with zero attached hydrogens (tertiary/aromatic N) is 1. The first-order valence-electron chi connectivity index (χ1n) is 10.9. The van der Waals surface area contributed by atoms with Gasteiger partial charge in [-0.2, -0.15) is 0 Å². The van der Waals surface area contributed by atoms with Gasteiger partial charge in [0.05, 0.1) is 0 Å². The van der Waals surface area contributed by atoms with E-state index in [1.807, 2.05) is 0 Å². The quantitative estimate of drug-likeness (QED) is 0.211. The fourth-order valence-electron chi connectivity index (χ4n) is 3.99. The summed E-state index contributed by atoms with van der Waals surface area (Å²) >= 11 is 0. The Labute approximate surface area is 191 Å². The summed E-state index contributed by atoms with van der Waals surface area (Å²) in [5.74, 6) is 0. The Hall–Kier alpha value is -2.95. The van der Waals surface area contributed by atoms with E-state index in [1.165, 1.54) is 20.7 Å². The summed E-state index contributed by atoms with van der Waals surface area (Å²) in [6.07, 6.45) is 1.60. The molecule has 166 valence electrons. The fraction of sp³-hybridized carbons (Fsp3) is 0.200. The van der Waals surface area contributed by atoms with Crippen molar-refractivity contribution < 1.29 is 14.3 Å². The molecular weight excluding hydrogens is 418 g/mol. The molecule has 0 aliphatic carbocycles. The number of hydrogen-bond donors (Lipinski definition) is 1. The summed E-state index contributed by atoms with van der Waals surface area (Å²) in [7, 11) is -0.631. The average Bonchev–Trinajstić information content (AvgIpc) is 2.85. The van der Waals surface area contributed by atoms with Crippen molar-refractivity contribution in [1.82, 2.24) is 10.1 Å². The molecule has 0 radical (unpaired) electrons. The number of nitrogens with one attached hydrogen (secondary N) is 1. The van der Waals surface area contributed by atoms with Gasteiger partial charge in [0.2, 0.25) is 0 Å². The van der Waals surface area contributed by atoms with Gasteiger partial charge in [-0.1, -0.05) is 0 Å². The SMILES string of the molecule is CN(BC=O)C(=O)NCCOCC[PH](c1ccccc1)(c1ccccc1)c1ccccc1. The molecule has 0 aliphatic heterocycles. The summed E-state index contributed by atoms with van der Waals surface area (Å²) < 4.78 is 5.98. The zero-order valence-electron chi connectivity index (χ0n) is 18.4. The van der Waals surface area contributed by atoms with Crippen molar-refractivity contribution in [2.24, 2.45) is 0 Å². The Kier molecular flexibility index (Phi) is 9.03. The van der Waals surface area contributed by atoms with E-state index in [-0.39, 0.29) is 13.4 Å². The molecule has 0 spiro atoms. The zero-order valence-corrected chi connectivity index (χ0v) is 19.4. The van der Waals surface area contributed by atoms with Crippen LogP contribution < -0.4 is 21.2 Å². The molecule has 3 aromatic carbocycles. The maximum absolute atomic E-state index is 11.9. The second kappa shape index (κ2) is 12.2. The normalized spacial score (nSPS) is 11.4. The van der Waals surface area contributed by atoms with Gasteiger partial charge in [-0.15, -0.1) is 0 Å². The van der Waals surface area contributed by atoms with E-state index in [9.17, 15) is 9.59 Å². The van der Waals surface area contributed by atoms with Crippen molar-refractivity contribution in [2.75, 3.05) is 33.0 Å². The standard InChI is InChI=1S/C25H30BN2O3P/c1-28(26-21-29)25(30)27-17-18-31-19-20-32(22-11-5-2-6-12-22,23-13-7-3-8-14-23)24-15-9-4-10-16-24/h2-16,21,26,32H,17-20H2,1H3,(H,27,30). The zero-order chi connectivity index (χ0) is 22.7. The molecular formula is C25H30BN2O3P. The van der Waals surface area contributed by atoms with Gasteiger partial charge in [0.25, 0.3) is 0 Å². The van der Waals surface area contributed by atoms with Crippen molar-refractivity contribution in [3.8, 4) is 0 Å². The van der Waals surface area contributed by atoms with Crippen LogP contribution in [0, 0.1) is 0 Å². The Bertz CT molecular complexity index is 878. The van der Waals surface area contributed by atoms with Crippen LogP contribution in [0.3, 0.4) is 0 Å². The third-order valence-corrected chi connectivity index (χ3v) is 10.5. The van der Waals surface area contributed by atoms with Gasteiger partial charge < -0.3 is 0 Å². The molecule has 0 bridgehead atoms. The topological polar surface area (TPSA) is 58.6 Å². The van der Waals surface area contributed by atoms with Crippen LogP contribution in [0.25, 0.3) is 0 Å². The third kappa shape index (κ3) is 5.85. The predicted molar refractivity (Wildman–Crippen MR) is 137 cm³/mol. The van der Waals surface area contributed by atoms with Gasteiger partial charge in [-0.05, 0) is 0 Å². The van der Waals surface area contributed by atoms with Crippen LogP contribution in [0.5, 0.6) is 0 Å². The Morgan fingerprint density at radius 3 is 1.78 bits per heavy atom. The van der Waals surface area contributed by atoms with Crippen molar-refractivity contribution in [3.05, 3.63) is 91.0 Å². The molecule has 0 unspecified atom stereocenters. The summed E-state index contributed by atoms with van der Waals surface area (Å²) in [4.78, 5) is 23.8. The van der Waals surface area contributed by atoms with Crippen molar-refractivity contribution in [1.29, 1.82) is 0 Å². The van der Waals surface area contributed by atoms with Gasteiger partial charge in [-0.25, -0.2) is 0 Å². The maximum atomic E-state index is 11.9. The van der Waals surface area contributed by atoms with Crippen LogP contribution in [-0.4, -0.2) is 57.4 Å². The molecule has 7 heteroatoms. The number of ether oxygens (including phenoxy) is 1. The average molecular weight is 448 g/mol. The molecule has 0 aromatic heterocycles. The van der Waals surface area contributed by atoms with Gasteiger partial charge in [0, 0.05) is 0 Å². The number of urea groups is 1. The number of carbonyl (C=O) groups is 2.